The molecule has 0 bridgehead atoms. The van der Waals surface area contributed by atoms with Crippen LogP contribution in [-0.4, -0.2) is 45.3 Å². The fourth-order valence-corrected chi connectivity index (χ4v) is 4.90. The number of hydrogen-bond donors (Lipinski definition) is 1. The second-order valence-corrected chi connectivity index (χ2v) is 8.38. The van der Waals surface area contributed by atoms with E-state index in [0.29, 0.717) is 12.0 Å². The van der Waals surface area contributed by atoms with E-state index in [9.17, 15) is 4.39 Å². The van der Waals surface area contributed by atoms with Crippen molar-refractivity contribution >= 4 is 11.5 Å². The van der Waals surface area contributed by atoms with Crippen LogP contribution in [0.2, 0.25) is 0 Å². The second kappa shape index (κ2) is 7.42. The second-order valence-electron chi connectivity index (χ2n) is 8.38. The third-order valence-electron chi connectivity index (χ3n) is 6.46. The molecule has 3 aromatic heterocycles. The Bertz CT molecular complexity index is 1210. The van der Waals surface area contributed by atoms with Crippen molar-refractivity contribution < 1.29 is 4.39 Å². The van der Waals surface area contributed by atoms with Gasteiger partial charge in [0, 0.05) is 42.7 Å². The number of fused-ring (bicyclic) bond motifs is 2. The molecule has 156 valence electrons. The number of imidazole rings is 1. The number of halogens is 1. The number of hydrogen-bond acceptors (Lipinski definition) is 5. The smallest absolute Gasteiger partial charge is 0.155 e. The summed E-state index contributed by atoms with van der Waals surface area (Å²) in [5, 5.41) is 8.67. The molecule has 2 atom stereocenters. The predicted molar refractivity (Wildman–Crippen MR) is 118 cm³/mol. The molecule has 6 rings (SSSR count). The summed E-state index contributed by atoms with van der Waals surface area (Å²) in [6.07, 6.45) is 6.06. The van der Waals surface area contributed by atoms with E-state index in [-0.39, 0.29) is 5.82 Å². The molecule has 31 heavy (non-hydrogen) atoms. The summed E-state index contributed by atoms with van der Waals surface area (Å²) < 4.78 is 15.4. The van der Waals surface area contributed by atoms with Crippen molar-refractivity contribution in [3.8, 4) is 22.5 Å². The van der Waals surface area contributed by atoms with E-state index >= 15 is 0 Å². The molecule has 2 fully saturated rings. The Hall–Kier alpha value is -3.32. The Morgan fingerprint density at radius 1 is 0.935 bits per heavy atom. The molecule has 4 aromatic rings. The van der Waals surface area contributed by atoms with Crippen LogP contribution in [0.3, 0.4) is 0 Å². The van der Waals surface area contributed by atoms with E-state index in [1.807, 2.05) is 22.7 Å². The highest BCUT2D eigenvalue weighted by Gasteiger charge is 2.35. The number of aromatic nitrogens is 4. The lowest BCUT2D eigenvalue weighted by atomic mass is 9.94. The molecule has 0 spiro atoms. The normalized spacial score (nSPS) is 20.9. The highest BCUT2D eigenvalue weighted by atomic mass is 19.1. The van der Waals surface area contributed by atoms with Gasteiger partial charge in [-0.3, -0.25) is 4.98 Å². The van der Waals surface area contributed by atoms with Crippen LogP contribution in [0, 0.1) is 11.7 Å². The first kappa shape index (κ1) is 18.4. The van der Waals surface area contributed by atoms with Gasteiger partial charge in [-0.1, -0.05) is 0 Å². The van der Waals surface area contributed by atoms with Crippen LogP contribution in [0.1, 0.15) is 12.8 Å². The fourth-order valence-electron chi connectivity index (χ4n) is 4.90. The lowest BCUT2D eigenvalue weighted by Crippen LogP contribution is -2.40. The van der Waals surface area contributed by atoms with Crippen LogP contribution in [0.15, 0.2) is 60.9 Å². The van der Waals surface area contributed by atoms with Gasteiger partial charge in [-0.05, 0) is 73.8 Å². The number of nitrogens with one attached hydrogen (secondary N) is 1. The van der Waals surface area contributed by atoms with Gasteiger partial charge in [0.1, 0.15) is 17.3 Å². The van der Waals surface area contributed by atoms with E-state index < -0.39 is 0 Å². The molecule has 0 saturated carbocycles. The number of nitrogens with zero attached hydrogens (tertiary/aromatic N) is 5. The molecule has 2 aliphatic heterocycles. The maximum Gasteiger partial charge on any atom is 0.155 e. The van der Waals surface area contributed by atoms with Crippen LogP contribution in [0.4, 0.5) is 10.2 Å². The molecule has 0 unspecified atom stereocenters. The van der Waals surface area contributed by atoms with Gasteiger partial charge in [-0.2, -0.15) is 0 Å². The van der Waals surface area contributed by atoms with Crippen LogP contribution in [0.25, 0.3) is 28.2 Å². The molecule has 6 nitrogen and oxygen atoms in total. The summed E-state index contributed by atoms with van der Waals surface area (Å²) in [6.45, 7) is 3.11. The van der Waals surface area contributed by atoms with Gasteiger partial charge in [0.2, 0.25) is 0 Å². The molecule has 0 aliphatic carbocycles. The topological polar surface area (TPSA) is 58.4 Å². The number of pyridine rings is 1. The van der Waals surface area contributed by atoms with Crippen molar-refractivity contribution in [2.45, 2.75) is 18.9 Å². The van der Waals surface area contributed by atoms with Gasteiger partial charge < -0.3 is 10.2 Å². The maximum absolute atomic E-state index is 13.5. The van der Waals surface area contributed by atoms with E-state index in [4.69, 9.17) is 10.1 Å². The Labute approximate surface area is 179 Å². The first-order valence-electron chi connectivity index (χ1n) is 10.8. The minimum Gasteiger partial charge on any atom is -0.353 e. The molecule has 2 saturated heterocycles. The van der Waals surface area contributed by atoms with E-state index in [1.165, 1.54) is 25.0 Å². The van der Waals surface area contributed by atoms with Gasteiger partial charge >= 0.3 is 0 Å². The highest BCUT2D eigenvalue weighted by Crippen LogP contribution is 2.34. The molecule has 7 heteroatoms. The molecule has 2 aliphatic rings. The van der Waals surface area contributed by atoms with Gasteiger partial charge in [-0.15, -0.1) is 5.10 Å². The Kier molecular flexibility index (Phi) is 4.42. The summed E-state index contributed by atoms with van der Waals surface area (Å²) in [6, 6.07) is 15.0. The van der Waals surface area contributed by atoms with Gasteiger partial charge in [0.25, 0.3) is 0 Å². The average molecular weight is 414 g/mol. The SMILES string of the molecule is Fc1ccc(-c2nc3ccc(N4C[C@@H]5CCCN[C@@H]5C4)nn3c2-c2ccncc2)cc1. The number of rotatable bonds is 3. The molecule has 5 heterocycles. The van der Waals surface area contributed by atoms with Gasteiger partial charge in [-0.25, -0.2) is 13.9 Å². The third-order valence-corrected chi connectivity index (χ3v) is 6.46. The fraction of sp³-hybridized carbons (Fsp3) is 0.292. The number of anilines is 1. The van der Waals surface area contributed by atoms with Crippen LogP contribution in [-0.2, 0) is 0 Å². The first-order valence-corrected chi connectivity index (χ1v) is 10.8. The zero-order chi connectivity index (χ0) is 20.8. The van der Waals surface area contributed by atoms with Crippen LogP contribution >= 0.6 is 0 Å². The van der Waals surface area contributed by atoms with E-state index in [0.717, 1.165) is 53.6 Å². The molecule has 1 N–H and O–H groups in total. The first-order chi connectivity index (χ1) is 15.3. The minimum atomic E-state index is -0.262. The number of piperidine rings is 1. The molecule has 1 aromatic carbocycles. The maximum atomic E-state index is 13.5. The van der Waals surface area contributed by atoms with Gasteiger partial charge in [0.15, 0.2) is 5.65 Å². The zero-order valence-corrected chi connectivity index (χ0v) is 17.1. The summed E-state index contributed by atoms with van der Waals surface area (Å²) in [4.78, 5) is 11.4. The summed E-state index contributed by atoms with van der Waals surface area (Å²) in [5.41, 5.74) is 4.28. The third kappa shape index (κ3) is 3.25. The zero-order valence-electron chi connectivity index (χ0n) is 17.1. The van der Waals surface area contributed by atoms with E-state index in [2.05, 4.69) is 21.3 Å². The summed E-state index contributed by atoms with van der Waals surface area (Å²) in [7, 11) is 0. The van der Waals surface area contributed by atoms with Crippen molar-refractivity contribution in [2.24, 2.45) is 5.92 Å². The average Bonchev–Trinajstić information content (AvgIpc) is 3.41. The predicted octanol–water partition coefficient (Wildman–Crippen LogP) is 3.79. The highest BCUT2D eigenvalue weighted by molar-refractivity contribution is 5.81. The van der Waals surface area contributed by atoms with Crippen molar-refractivity contribution in [1.82, 2.24) is 24.9 Å². The van der Waals surface area contributed by atoms with Gasteiger partial charge in [0.05, 0.1) is 5.69 Å². The molecular formula is C24H23FN6. The standard InChI is InChI=1S/C24H23FN6/c25-19-5-3-16(4-6-19)23-24(17-9-12-26-13-10-17)31-21(28-23)7-8-22(29-31)30-14-18-2-1-11-27-20(18)15-30/h3-10,12-13,18,20,27H,1-2,11,14-15H2/t18-,20+/m0/s1. The van der Waals surface area contributed by atoms with Crippen molar-refractivity contribution in [3.05, 3.63) is 66.7 Å². The van der Waals surface area contributed by atoms with Crippen LogP contribution in [0.5, 0.6) is 0 Å². The summed E-state index contributed by atoms with van der Waals surface area (Å²) in [5.74, 6) is 1.38. The molecular weight excluding hydrogens is 391 g/mol. The Morgan fingerprint density at radius 3 is 2.58 bits per heavy atom. The lowest BCUT2D eigenvalue weighted by Gasteiger charge is -2.24. The molecule has 0 radical (unpaired) electrons. The van der Waals surface area contributed by atoms with Crippen molar-refractivity contribution in [2.75, 3.05) is 24.5 Å². The monoisotopic (exact) mass is 414 g/mol. The van der Waals surface area contributed by atoms with E-state index in [1.54, 1.807) is 24.5 Å². The largest absolute Gasteiger partial charge is 0.353 e. The molecule has 0 amide bonds. The van der Waals surface area contributed by atoms with Crippen LogP contribution < -0.4 is 10.2 Å². The lowest BCUT2D eigenvalue weighted by molar-refractivity contribution is 0.340. The van der Waals surface area contributed by atoms with Crippen molar-refractivity contribution in [1.29, 1.82) is 0 Å². The van der Waals surface area contributed by atoms with Crippen molar-refractivity contribution in [3.63, 3.8) is 0 Å². The number of benzene rings is 1. The Balaban J connectivity index is 1.48. The Morgan fingerprint density at radius 2 is 1.77 bits per heavy atom. The quantitative estimate of drug-likeness (QED) is 0.553. The summed E-state index contributed by atoms with van der Waals surface area (Å²) >= 11 is 0. The minimum absolute atomic E-state index is 0.262.